The quantitative estimate of drug-likeness (QED) is 0.650. The van der Waals surface area contributed by atoms with Crippen LogP contribution < -0.4 is 5.32 Å². The molecule has 0 radical (unpaired) electrons. The summed E-state index contributed by atoms with van der Waals surface area (Å²) in [5.74, 6) is 0.433. The fraction of sp³-hybridized carbons (Fsp3) is 0.923. The molecule has 0 amide bonds. The van der Waals surface area contributed by atoms with E-state index in [0.717, 1.165) is 25.8 Å². The van der Waals surface area contributed by atoms with E-state index in [1.807, 2.05) is 20.8 Å². The first-order valence-corrected chi connectivity index (χ1v) is 6.48. The van der Waals surface area contributed by atoms with Crippen LogP contribution >= 0.6 is 0 Å². The molecule has 1 N–H and O–H groups in total. The Kier molecular flexibility index (Phi) is 7.39. The number of rotatable bonds is 8. The fourth-order valence-corrected chi connectivity index (χ4v) is 1.99. The van der Waals surface area contributed by atoms with Gasteiger partial charge in [-0.3, -0.25) is 4.79 Å². The molecule has 0 spiro atoms. The zero-order valence-corrected chi connectivity index (χ0v) is 11.4. The Balaban J connectivity index is 4.75. The first-order valence-electron chi connectivity index (χ1n) is 6.48. The smallest absolute Gasteiger partial charge is 0.326 e. The zero-order valence-electron chi connectivity index (χ0n) is 11.4. The number of hydrogen-bond acceptors (Lipinski definition) is 3. The highest BCUT2D eigenvalue weighted by Crippen LogP contribution is 2.24. The topological polar surface area (TPSA) is 38.3 Å². The van der Waals surface area contributed by atoms with E-state index in [1.165, 1.54) is 0 Å². The third-order valence-corrected chi connectivity index (χ3v) is 3.18. The van der Waals surface area contributed by atoms with Crippen LogP contribution in [0.1, 0.15) is 53.9 Å². The Labute approximate surface area is 99.9 Å². The molecule has 16 heavy (non-hydrogen) atoms. The molecule has 0 aliphatic heterocycles. The van der Waals surface area contributed by atoms with E-state index in [-0.39, 0.29) is 5.97 Å². The highest BCUT2D eigenvalue weighted by atomic mass is 16.5. The molecule has 0 aromatic rings. The number of hydrogen-bond donors (Lipinski definition) is 1. The summed E-state index contributed by atoms with van der Waals surface area (Å²) < 4.78 is 5.19. The lowest BCUT2D eigenvalue weighted by Crippen LogP contribution is -2.53. The SMILES string of the molecule is CCNC(CC)(CC(C)CC)C(=O)OCC. The van der Waals surface area contributed by atoms with Gasteiger partial charge in [0.2, 0.25) is 0 Å². The van der Waals surface area contributed by atoms with Crippen LogP contribution in [0, 0.1) is 5.92 Å². The molecule has 2 unspecified atom stereocenters. The Hall–Kier alpha value is -0.570. The summed E-state index contributed by atoms with van der Waals surface area (Å²) in [7, 11) is 0. The number of carbonyl (C=O) groups is 1. The van der Waals surface area contributed by atoms with E-state index < -0.39 is 5.54 Å². The molecule has 0 aliphatic carbocycles. The number of carbonyl (C=O) groups excluding carboxylic acids is 1. The summed E-state index contributed by atoms with van der Waals surface area (Å²) in [6.45, 7) is 11.5. The Morgan fingerprint density at radius 1 is 1.31 bits per heavy atom. The molecule has 96 valence electrons. The van der Waals surface area contributed by atoms with E-state index >= 15 is 0 Å². The molecular formula is C13H27NO2. The van der Waals surface area contributed by atoms with E-state index in [0.29, 0.717) is 12.5 Å². The van der Waals surface area contributed by atoms with Crippen molar-refractivity contribution >= 4 is 5.97 Å². The Morgan fingerprint density at radius 3 is 2.31 bits per heavy atom. The maximum absolute atomic E-state index is 12.1. The Morgan fingerprint density at radius 2 is 1.94 bits per heavy atom. The molecule has 0 aromatic carbocycles. The Bertz CT molecular complexity index is 206. The molecule has 0 rings (SSSR count). The van der Waals surface area contributed by atoms with Crippen LogP contribution in [-0.4, -0.2) is 24.7 Å². The minimum absolute atomic E-state index is 0.0975. The minimum atomic E-state index is -0.486. The van der Waals surface area contributed by atoms with Crippen molar-refractivity contribution in [2.24, 2.45) is 5.92 Å². The summed E-state index contributed by atoms with van der Waals surface area (Å²) >= 11 is 0. The third-order valence-electron chi connectivity index (χ3n) is 3.18. The molecule has 0 bridgehead atoms. The highest BCUT2D eigenvalue weighted by molar-refractivity contribution is 5.80. The molecule has 0 fully saturated rings. The highest BCUT2D eigenvalue weighted by Gasteiger charge is 2.38. The molecule has 3 nitrogen and oxygen atoms in total. The zero-order chi connectivity index (χ0) is 12.6. The molecule has 0 aliphatic rings. The second-order valence-electron chi connectivity index (χ2n) is 4.40. The number of esters is 1. The van der Waals surface area contributed by atoms with Gasteiger partial charge in [0.25, 0.3) is 0 Å². The van der Waals surface area contributed by atoms with Crippen LogP contribution in [-0.2, 0) is 9.53 Å². The van der Waals surface area contributed by atoms with Gasteiger partial charge in [0.1, 0.15) is 5.54 Å². The van der Waals surface area contributed by atoms with Crippen molar-refractivity contribution < 1.29 is 9.53 Å². The fourth-order valence-electron chi connectivity index (χ4n) is 1.99. The predicted molar refractivity (Wildman–Crippen MR) is 67.4 cm³/mol. The number of ether oxygens (including phenoxy) is 1. The van der Waals surface area contributed by atoms with Crippen molar-refractivity contribution in [2.45, 2.75) is 59.4 Å². The average molecular weight is 229 g/mol. The number of nitrogens with one attached hydrogen (secondary N) is 1. The van der Waals surface area contributed by atoms with Crippen molar-refractivity contribution in [3.05, 3.63) is 0 Å². The van der Waals surface area contributed by atoms with Gasteiger partial charge in [-0.25, -0.2) is 0 Å². The maximum Gasteiger partial charge on any atom is 0.326 e. The van der Waals surface area contributed by atoms with E-state index in [2.05, 4.69) is 19.2 Å². The van der Waals surface area contributed by atoms with Gasteiger partial charge < -0.3 is 10.1 Å². The largest absolute Gasteiger partial charge is 0.465 e. The lowest BCUT2D eigenvalue weighted by Gasteiger charge is -2.33. The van der Waals surface area contributed by atoms with Crippen LogP contribution in [0.2, 0.25) is 0 Å². The lowest BCUT2D eigenvalue weighted by atomic mass is 9.84. The van der Waals surface area contributed by atoms with E-state index in [1.54, 1.807) is 0 Å². The van der Waals surface area contributed by atoms with Crippen molar-refractivity contribution in [3.63, 3.8) is 0 Å². The van der Waals surface area contributed by atoms with E-state index in [9.17, 15) is 4.79 Å². The van der Waals surface area contributed by atoms with E-state index in [4.69, 9.17) is 4.74 Å². The van der Waals surface area contributed by atoms with Gasteiger partial charge >= 0.3 is 5.97 Å². The molecule has 0 saturated carbocycles. The monoisotopic (exact) mass is 229 g/mol. The summed E-state index contributed by atoms with van der Waals surface area (Å²) in [5, 5.41) is 3.32. The summed E-state index contributed by atoms with van der Waals surface area (Å²) in [6, 6.07) is 0. The van der Waals surface area contributed by atoms with Crippen LogP contribution in [0.25, 0.3) is 0 Å². The van der Waals surface area contributed by atoms with Gasteiger partial charge in [0, 0.05) is 0 Å². The first kappa shape index (κ1) is 15.4. The predicted octanol–water partition coefficient (Wildman–Crippen LogP) is 2.74. The van der Waals surface area contributed by atoms with Gasteiger partial charge in [-0.1, -0.05) is 34.1 Å². The van der Waals surface area contributed by atoms with Gasteiger partial charge in [0.05, 0.1) is 6.61 Å². The molecule has 0 heterocycles. The molecular weight excluding hydrogens is 202 g/mol. The van der Waals surface area contributed by atoms with Crippen molar-refractivity contribution in [1.82, 2.24) is 5.32 Å². The maximum atomic E-state index is 12.1. The van der Waals surface area contributed by atoms with Crippen LogP contribution in [0.3, 0.4) is 0 Å². The first-order chi connectivity index (χ1) is 7.56. The van der Waals surface area contributed by atoms with Crippen LogP contribution in [0.4, 0.5) is 0 Å². The van der Waals surface area contributed by atoms with Crippen LogP contribution in [0.15, 0.2) is 0 Å². The summed E-state index contributed by atoms with van der Waals surface area (Å²) in [6.07, 6.45) is 2.73. The van der Waals surface area contributed by atoms with Gasteiger partial charge in [0.15, 0.2) is 0 Å². The van der Waals surface area contributed by atoms with Crippen molar-refractivity contribution in [3.8, 4) is 0 Å². The molecule has 0 aromatic heterocycles. The summed E-state index contributed by atoms with van der Waals surface area (Å²) in [4.78, 5) is 12.1. The molecule has 0 saturated heterocycles. The van der Waals surface area contributed by atoms with Gasteiger partial charge in [-0.15, -0.1) is 0 Å². The second-order valence-corrected chi connectivity index (χ2v) is 4.40. The van der Waals surface area contributed by atoms with Crippen molar-refractivity contribution in [2.75, 3.05) is 13.2 Å². The number of likely N-dealkylation sites (N-methyl/N-ethyl adjacent to an activating group) is 1. The summed E-state index contributed by atoms with van der Waals surface area (Å²) in [5.41, 5.74) is -0.486. The molecule has 3 heteroatoms. The minimum Gasteiger partial charge on any atom is -0.465 e. The normalized spacial score (nSPS) is 16.6. The third kappa shape index (κ3) is 4.12. The van der Waals surface area contributed by atoms with Crippen molar-refractivity contribution in [1.29, 1.82) is 0 Å². The molecule has 2 atom stereocenters. The van der Waals surface area contributed by atoms with Gasteiger partial charge in [-0.2, -0.15) is 0 Å². The standard InChI is InChI=1S/C13H27NO2/c1-6-11(5)10-13(7-2,14-8-3)12(15)16-9-4/h11,14H,6-10H2,1-5H3. The second kappa shape index (κ2) is 7.66. The lowest BCUT2D eigenvalue weighted by molar-refractivity contribution is -0.152. The van der Waals surface area contributed by atoms with Gasteiger partial charge in [-0.05, 0) is 32.2 Å². The average Bonchev–Trinajstić information content (AvgIpc) is 2.28. The van der Waals surface area contributed by atoms with Crippen LogP contribution in [0.5, 0.6) is 0 Å².